The first-order valence-corrected chi connectivity index (χ1v) is 8.13. The number of halogens is 1. The predicted molar refractivity (Wildman–Crippen MR) is 97.9 cm³/mol. The molecule has 1 aromatic heterocycles. The highest BCUT2D eigenvalue weighted by atomic mass is 35.5. The van der Waals surface area contributed by atoms with Crippen molar-refractivity contribution in [1.29, 1.82) is 0 Å². The number of nitrogens with one attached hydrogen (secondary N) is 3. The highest BCUT2D eigenvalue weighted by molar-refractivity contribution is 6.31. The molecule has 1 aromatic carbocycles. The van der Waals surface area contributed by atoms with Gasteiger partial charge in [0.2, 0.25) is 5.95 Å². The number of nitrogen functional groups attached to an aromatic ring is 1. The van der Waals surface area contributed by atoms with Crippen molar-refractivity contribution in [2.45, 2.75) is 26.4 Å². The largest absolute Gasteiger partial charge is 0.369 e. The Kier molecular flexibility index (Phi) is 4.71. The molecule has 0 bridgehead atoms. The van der Waals surface area contributed by atoms with Crippen LogP contribution in [0.4, 0.5) is 11.8 Å². The molecule has 2 aromatic rings. The van der Waals surface area contributed by atoms with Crippen LogP contribution in [0.15, 0.2) is 29.4 Å². The quantitative estimate of drug-likeness (QED) is 0.663. The first-order chi connectivity index (χ1) is 11.5. The summed E-state index contributed by atoms with van der Waals surface area (Å²) in [6.07, 6.45) is 0.930. The van der Waals surface area contributed by atoms with Crippen molar-refractivity contribution >= 4 is 29.2 Å². The van der Waals surface area contributed by atoms with Crippen molar-refractivity contribution in [1.82, 2.24) is 20.7 Å². The minimum absolute atomic E-state index is 0.173. The maximum Gasteiger partial charge on any atom is 0.222 e. The van der Waals surface area contributed by atoms with E-state index in [0.29, 0.717) is 17.4 Å². The van der Waals surface area contributed by atoms with Gasteiger partial charge in [-0.3, -0.25) is 5.43 Å². The fourth-order valence-corrected chi connectivity index (χ4v) is 2.68. The predicted octanol–water partition coefficient (Wildman–Crippen LogP) is 2.34. The summed E-state index contributed by atoms with van der Waals surface area (Å²) in [4.78, 5) is 8.56. The van der Waals surface area contributed by atoms with Crippen molar-refractivity contribution in [3.8, 4) is 11.3 Å². The lowest BCUT2D eigenvalue weighted by atomic mass is 10.1. The molecule has 0 saturated carbocycles. The lowest BCUT2D eigenvalue weighted by Crippen LogP contribution is -2.32. The highest BCUT2D eigenvalue weighted by Crippen LogP contribution is 2.28. The number of hydrogen-bond donors (Lipinski definition) is 4. The summed E-state index contributed by atoms with van der Waals surface area (Å²) in [6.45, 7) is 4.65. The number of hydrogen-bond acceptors (Lipinski definition) is 7. The number of amidine groups is 1. The number of benzene rings is 1. The second kappa shape index (κ2) is 6.92. The summed E-state index contributed by atoms with van der Waals surface area (Å²) >= 11 is 6.20. The lowest BCUT2D eigenvalue weighted by molar-refractivity contribution is 0.590. The molecule has 1 aliphatic rings. The summed E-state index contributed by atoms with van der Waals surface area (Å²) in [7, 11) is 0. The third-order valence-electron chi connectivity index (χ3n) is 3.73. The number of aromatic nitrogens is 2. The summed E-state index contributed by atoms with van der Waals surface area (Å²) in [5.41, 5.74) is 11.5. The first-order valence-electron chi connectivity index (χ1n) is 7.75. The standard InChI is InChI=1S/C16H20ClN7/c1-9-11(4-3-5-12(9)17)13-8-15(22-16(18)21-13)19-7-6-14-20-10(2)23-24-14/h3-5,8,10,23H,6-7H2,1-2H3,(H,20,24)(H3,18,19,21,22). The SMILES string of the molecule is Cc1c(Cl)cccc1-c1cc(NCCC2=NNC(C)N2)nc(N)n1. The Morgan fingerprint density at radius 2 is 2.17 bits per heavy atom. The van der Waals surface area contributed by atoms with E-state index >= 15 is 0 Å². The Labute approximate surface area is 145 Å². The molecule has 126 valence electrons. The molecule has 3 rings (SSSR count). The van der Waals surface area contributed by atoms with E-state index in [1.807, 2.05) is 38.1 Å². The van der Waals surface area contributed by atoms with E-state index in [9.17, 15) is 0 Å². The Morgan fingerprint density at radius 1 is 1.33 bits per heavy atom. The molecule has 1 unspecified atom stereocenters. The van der Waals surface area contributed by atoms with Crippen molar-refractivity contribution in [2.24, 2.45) is 5.10 Å². The van der Waals surface area contributed by atoms with Crippen LogP contribution in [-0.4, -0.2) is 28.5 Å². The van der Waals surface area contributed by atoms with E-state index in [0.717, 1.165) is 29.1 Å². The van der Waals surface area contributed by atoms with Crippen molar-refractivity contribution < 1.29 is 0 Å². The minimum Gasteiger partial charge on any atom is -0.369 e. The Balaban J connectivity index is 1.73. The van der Waals surface area contributed by atoms with Crippen molar-refractivity contribution in [3.05, 3.63) is 34.9 Å². The molecule has 1 aliphatic heterocycles. The van der Waals surface area contributed by atoms with Gasteiger partial charge in [-0.15, -0.1) is 0 Å². The molecule has 2 heterocycles. The topological polar surface area (TPSA) is 100 Å². The number of hydrazone groups is 1. The van der Waals surface area contributed by atoms with Crippen LogP contribution in [0.1, 0.15) is 18.9 Å². The maximum absolute atomic E-state index is 6.20. The highest BCUT2D eigenvalue weighted by Gasteiger charge is 2.12. The summed E-state index contributed by atoms with van der Waals surface area (Å²) < 4.78 is 0. The number of nitrogens with zero attached hydrogens (tertiary/aromatic N) is 3. The third-order valence-corrected chi connectivity index (χ3v) is 4.14. The Morgan fingerprint density at radius 3 is 2.92 bits per heavy atom. The average Bonchev–Trinajstić information content (AvgIpc) is 2.95. The van der Waals surface area contributed by atoms with Crippen LogP contribution in [0, 0.1) is 6.92 Å². The molecule has 7 nitrogen and oxygen atoms in total. The average molecular weight is 346 g/mol. The van der Waals surface area contributed by atoms with Crippen LogP contribution in [0.5, 0.6) is 0 Å². The zero-order valence-electron chi connectivity index (χ0n) is 13.6. The summed E-state index contributed by atoms with van der Waals surface area (Å²) in [5.74, 6) is 1.82. The second-order valence-corrected chi connectivity index (χ2v) is 6.05. The van der Waals surface area contributed by atoms with Gasteiger partial charge in [-0.25, -0.2) is 4.98 Å². The normalized spacial score (nSPS) is 16.3. The van der Waals surface area contributed by atoms with Crippen LogP contribution in [-0.2, 0) is 0 Å². The molecule has 0 fully saturated rings. The van der Waals surface area contributed by atoms with Gasteiger partial charge in [0.1, 0.15) is 17.8 Å². The molecule has 1 atom stereocenters. The van der Waals surface area contributed by atoms with E-state index in [2.05, 4.69) is 31.1 Å². The van der Waals surface area contributed by atoms with Gasteiger partial charge in [0, 0.05) is 29.6 Å². The monoisotopic (exact) mass is 345 g/mol. The van der Waals surface area contributed by atoms with E-state index in [1.165, 1.54) is 0 Å². The Hall–Kier alpha value is -2.54. The van der Waals surface area contributed by atoms with Gasteiger partial charge >= 0.3 is 0 Å². The van der Waals surface area contributed by atoms with E-state index in [4.69, 9.17) is 17.3 Å². The fourth-order valence-electron chi connectivity index (χ4n) is 2.51. The summed E-state index contributed by atoms with van der Waals surface area (Å²) in [6, 6.07) is 7.60. The minimum atomic E-state index is 0.173. The van der Waals surface area contributed by atoms with Gasteiger partial charge in [0.05, 0.1) is 5.69 Å². The zero-order chi connectivity index (χ0) is 17.1. The number of rotatable bonds is 5. The van der Waals surface area contributed by atoms with E-state index in [-0.39, 0.29) is 12.1 Å². The third kappa shape index (κ3) is 3.68. The van der Waals surface area contributed by atoms with Crippen molar-refractivity contribution in [3.63, 3.8) is 0 Å². The van der Waals surface area contributed by atoms with Gasteiger partial charge < -0.3 is 16.4 Å². The number of anilines is 2. The molecule has 0 aliphatic carbocycles. The van der Waals surface area contributed by atoms with E-state index < -0.39 is 0 Å². The Bertz CT molecular complexity index is 775. The molecule has 8 heteroatoms. The number of nitrogens with two attached hydrogens (primary N) is 1. The van der Waals surface area contributed by atoms with Crippen LogP contribution in [0.2, 0.25) is 5.02 Å². The van der Waals surface area contributed by atoms with Gasteiger partial charge in [0.15, 0.2) is 0 Å². The molecule has 5 N–H and O–H groups in total. The molecular weight excluding hydrogens is 326 g/mol. The van der Waals surface area contributed by atoms with Crippen LogP contribution < -0.4 is 21.8 Å². The molecule has 24 heavy (non-hydrogen) atoms. The zero-order valence-corrected chi connectivity index (χ0v) is 14.4. The molecule has 0 radical (unpaired) electrons. The van der Waals surface area contributed by atoms with Crippen LogP contribution >= 0.6 is 11.6 Å². The maximum atomic E-state index is 6.20. The molecular formula is C16H20ClN7. The van der Waals surface area contributed by atoms with Gasteiger partial charge in [-0.1, -0.05) is 23.7 Å². The smallest absolute Gasteiger partial charge is 0.222 e. The van der Waals surface area contributed by atoms with Crippen molar-refractivity contribution in [2.75, 3.05) is 17.6 Å². The molecule has 0 spiro atoms. The molecule has 0 amide bonds. The van der Waals surface area contributed by atoms with E-state index in [1.54, 1.807) is 0 Å². The molecule has 0 saturated heterocycles. The fraction of sp³-hybridized carbons (Fsp3) is 0.312. The van der Waals surface area contributed by atoms with Crippen LogP contribution in [0.25, 0.3) is 11.3 Å². The first kappa shape index (κ1) is 16.3. The van der Waals surface area contributed by atoms with Gasteiger partial charge in [-0.05, 0) is 25.5 Å². The van der Waals surface area contributed by atoms with Gasteiger partial charge in [-0.2, -0.15) is 10.1 Å². The van der Waals surface area contributed by atoms with Crippen LogP contribution in [0.3, 0.4) is 0 Å². The second-order valence-electron chi connectivity index (χ2n) is 5.64. The summed E-state index contributed by atoms with van der Waals surface area (Å²) in [5, 5.41) is 11.4. The van der Waals surface area contributed by atoms with Gasteiger partial charge in [0.25, 0.3) is 0 Å². The lowest BCUT2D eigenvalue weighted by Gasteiger charge is -2.11.